The monoisotopic (exact) mass is 409 g/mol. The molecule has 0 heterocycles. The highest BCUT2D eigenvalue weighted by Crippen LogP contribution is 2.14. The summed E-state index contributed by atoms with van der Waals surface area (Å²) in [4.78, 5) is 24.3. The Morgan fingerprint density at radius 3 is 2.17 bits per heavy atom. The number of hydrogen-bond acceptors (Lipinski definition) is 3. The van der Waals surface area contributed by atoms with Crippen LogP contribution in [0.4, 0.5) is 10.1 Å². The molecule has 3 rings (SSSR count). The van der Waals surface area contributed by atoms with Crippen LogP contribution >= 0.6 is 11.6 Å². The van der Waals surface area contributed by atoms with Crippen LogP contribution in [0, 0.1) is 5.82 Å². The van der Waals surface area contributed by atoms with Gasteiger partial charge in [-0.1, -0.05) is 29.8 Å². The standard InChI is InChI=1S/C22H17ClFN3O2/c1-14(26-27-22(29)17-3-2-4-19(24)13-17)15-7-11-20(12-8-15)25-21(28)16-5-9-18(23)10-6-16/h2-13H,1H3,(H,25,28)(H,27,29). The molecule has 0 fully saturated rings. The highest BCUT2D eigenvalue weighted by atomic mass is 35.5. The Balaban J connectivity index is 1.62. The summed E-state index contributed by atoms with van der Waals surface area (Å²) < 4.78 is 13.2. The van der Waals surface area contributed by atoms with Gasteiger partial charge in [0, 0.05) is 21.8 Å². The maximum absolute atomic E-state index is 13.2. The van der Waals surface area contributed by atoms with E-state index in [9.17, 15) is 14.0 Å². The first-order valence-corrected chi connectivity index (χ1v) is 9.08. The maximum atomic E-state index is 13.2. The molecule has 0 spiro atoms. The van der Waals surface area contributed by atoms with Gasteiger partial charge in [0.15, 0.2) is 0 Å². The fourth-order valence-corrected chi connectivity index (χ4v) is 2.62. The Kier molecular flexibility index (Phi) is 6.36. The number of carbonyl (C=O) groups is 2. The van der Waals surface area contributed by atoms with Crippen LogP contribution < -0.4 is 10.7 Å². The zero-order valence-corrected chi connectivity index (χ0v) is 16.2. The van der Waals surface area contributed by atoms with Gasteiger partial charge >= 0.3 is 0 Å². The van der Waals surface area contributed by atoms with Gasteiger partial charge in [0.25, 0.3) is 11.8 Å². The van der Waals surface area contributed by atoms with E-state index in [1.54, 1.807) is 55.5 Å². The van der Waals surface area contributed by atoms with Crippen molar-refractivity contribution in [1.82, 2.24) is 5.43 Å². The Morgan fingerprint density at radius 1 is 0.862 bits per heavy atom. The van der Waals surface area contributed by atoms with Crippen LogP contribution in [-0.4, -0.2) is 17.5 Å². The average Bonchev–Trinajstić information content (AvgIpc) is 2.72. The molecule has 0 bridgehead atoms. The zero-order valence-electron chi connectivity index (χ0n) is 15.4. The van der Waals surface area contributed by atoms with E-state index in [1.807, 2.05) is 0 Å². The van der Waals surface area contributed by atoms with Crippen LogP contribution in [0.2, 0.25) is 5.02 Å². The Labute approximate surface area is 172 Å². The van der Waals surface area contributed by atoms with Gasteiger partial charge in [-0.3, -0.25) is 9.59 Å². The average molecular weight is 410 g/mol. The third-order valence-corrected chi connectivity index (χ3v) is 4.33. The van der Waals surface area contributed by atoms with Gasteiger partial charge in [0.1, 0.15) is 5.82 Å². The van der Waals surface area contributed by atoms with Crippen LogP contribution in [0.15, 0.2) is 77.9 Å². The molecular formula is C22H17ClFN3O2. The summed E-state index contributed by atoms with van der Waals surface area (Å²) in [5.41, 5.74) is 5.01. The van der Waals surface area contributed by atoms with Gasteiger partial charge in [0.2, 0.25) is 0 Å². The van der Waals surface area contributed by atoms with Gasteiger partial charge in [-0.2, -0.15) is 5.10 Å². The van der Waals surface area contributed by atoms with Crippen LogP contribution in [0.5, 0.6) is 0 Å². The topological polar surface area (TPSA) is 70.6 Å². The third kappa shape index (κ3) is 5.49. The highest BCUT2D eigenvalue weighted by molar-refractivity contribution is 6.30. The van der Waals surface area contributed by atoms with Crippen molar-refractivity contribution in [2.75, 3.05) is 5.32 Å². The number of benzene rings is 3. The van der Waals surface area contributed by atoms with E-state index in [0.717, 1.165) is 11.6 Å². The van der Waals surface area contributed by atoms with E-state index in [-0.39, 0.29) is 11.5 Å². The van der Waals surface area contributed by atoms with Crippen molar-refractivity contribution in [3.05, 3.63) is 100 Å². The molecule has 0 radical (unpaired) electrons. The second-order valence-corrected chi connectivity index (χ2v) is 6.62. The molecule has 3 aromatic carbocycles. The van der Waals surface area contributed by atoms with Crippen molar-refractivity contribution in [2.24, 2.45) is 5.10 Å². The summed E-state index contributed by atoms with van der Waals surface area (Å²) in [6, 6.07) is 18.9. The third-order valence-electron chi connectivity index (χ3n) is 4.08. The lowest BCUT2D eigenvalue weighted by Gasteiger charge is -2.07. The number of carbonyl (C=O) groups excluding carboxylic acids is 2. The Morgan fingerprint density at radius 2 is 1.52 bits per heavy atom. The number of nitrogens with one attached hydrogen (secondary N) is 2. The minimum absolute atomic E-state index is 0.182. The van der Waals surface area contributed by atoms with Crippen molar-refractivity contribution < 1.29 is 14.0 Å². The normalized spacial score (nSPS) is 11.1. The molecule has 0 aliphatic heterocycles. The number of halogens is 2. The summed E-state index contributed by atoms with van der Waals surface area (Å²) >= 11 is 5.82. The number of hydrazone groups is 1. The van der Waals surface area contributed by atoms with Gasteiger partial charge in [-0.05, 0) is 67.1 Å². The van der Waals surface area contributed by atoms with Crippen molar-refractivity contribution in [3.63, 3.8) is 0 Å². The molecule has 7 heteroatoms. The predicted octanol–water partition coefficient (Wildman–Crippen LogP) is 4.89. The molecule has 3 aromatic rings. The molecule has 2 N–H and O–H groups in total. The number of nitrogens with zero attached hydrogens (tertiary/aromatic N) is 1. The summed E-state index contributed by atoms with van der Waals surface area (Å²) in [5.74, 6) is -1.24. The Bertz CT molecular complexity index is 1060. The minimum atomic E-state index is -0.504. The number of hydrogen-bond donors (Lipinski definition) is 2. The van der Waals surface area contributed by atoms with Crippen molar-refractivity contribution in [1.29, 1.82) is 0 Å². The number of amides is 2. The van der Waals surface area contributed by atoms with E-state index in [1.165, 1.54) is 18.2 Å². The Hall–Kier alpha value is -3.51. The molecule has 5 nitrogen and oxygen atoms in total. The summed E-state index contributed by atoms with van der Waals surface area (Å²) in [5, 5.41) is 7.40. The largest absolute Gasteiger partial charge is 0.322 e. The minimum Gasteiger partial charge on any atom is -0.322 e. The quantitative estimate of drug-likeness (QED) is 0.465. The molecule has 2 amide bonds. The fraction of sp³-hybridized carbons (Fsp3) is 0.0455. The van der Waals surface area contributed by atoms with E-state index < -0.39 is 11.7 Å². The molecule has 0 saturated heterocycles. The van der Waals surface area contributed by atoms with Crippen LogP contribution in [0.1, 0.15) is 33.2 Å². The first kappa shape index (κ1) is 20.2. The second-order valence-electron chi connectivity index (χ2n) is 6.19. The van der Waals surface area contributed by atoms with Crippen molar-refractivity contribution in [3.8, 4) is 0 Å². The lowest BCUT2D eigenvalue weighted by atomic mass is 10.1. The molecule has 0 aromatic heterocycles. The first-order valence-electron chi connectivity index (χ1n) is 8.70. The van der Waals surface area contributed by atoms with E-state index in [4.69, 9.17) is 11.6 Å². The van der Waals surface area contributed by atoms with Crippen LogP contribution in [0.3, 0.4) is 0 Å². The van der Waals surface area contributed by atoms with Gasteiger partial charge in [-0.25, -0.2) is 9.82 Å². The van der Waals surface area contributed by atoms with E-state index in [2.05, 4.69) is 15.8 Å². The second kappa shape index (κ2) is 9.12. The number of rotatable bonds is 5. The smallest absolute Gasteiger partial charge is 0.271 e. The van der Waals surface area contributed by atoms with Crippen LogP contribution in [0.25, 0.3) is 0 Å². The van der Waals surface area contributed by atoms with E-state index in [0.29, 0.717) is 22.0 Å². The van der Waals surface area contributed by atoms with E-state index >= 15 is 0 Å². The summed E-state index contributed by atoms with van der Waals surface area (Å²) in [6.45, 7) is 1.73. The van der Waals surface area contributed by atoms with Crippen LogP contribution in [-0.2, 0) is 0 Å². The molecule has 0 unspecified atom stereocenters. The molecule has 29 heavy (non-hydrogen) atoms. The molecule has 146 valence electrons. The zero-order chi connectivity index (χ0) is 20.8. The van der Waals surface area contributed by atoms with Crippen molar-refractivity contribution in [2.45, 2.75) is 6.92 Å². The molecular weight excluding hydrogens is 393 g/mol. The molecule has 0 aliphatic rings. The predicted molar refractivity (Wildman–Crippen MR) is 112 cm³/mol. The molecule has 0 aliphatic carbocycles. The molecule has 0 saturated carbocycles. The first-order chi connectivity index (χ1) is 13.9. The van der Waals surface area contributed by atoms with Gasteiger partial charge in [0.05, 0.1) is 5.71 Å². The lowest BCUT2D eigenvalue weighted by molar-refractivity contribution is 0.0953. The number of anilines is 1. The SMILES string of the molecule is CC(=NNC(=O)c1cccc(F)c1)c1ccc(NC(=O)c2ccc(Cl)cc2)cc1. The lowest BCUT2D eigenvalue weighted by Crippen LogP contribution is -2.19. The van der Waals surface area contributed by atoms with Gasteiger partial charge < -0.3 is 5.32 Å². The highest BCUT2D eigenvalue weighted by Gasteiger charge is 2.08. The van der Waals surface area contributed by atoms with Crippen molar-refractivity contribution >= 4 is 34.8 Å². The maximum Gasteiger partial charge on any atom is 0.271 e. The van der Waals surface area contributed by atoms with Gasteiger partial charge in [-0.15, -0.1) is 0 Å². The molecule has 0 atom stereocenters. The summed E-state index contributed by atoms with van der Waals surface area (Å²) in [7, 11) is 0. The summed E-state index contributed by atoms with van der Waals surface area (Å²) in [6.07, 6.45) is 0. The fourth-order valence-electron chi connectivity index (χ4n) is 2.49.